The lowest BCUT2D eigenvalue weighted by Crippen LogP contribution is -2.61. The quantitative estimate of drug-likeness (QED) is 0.0174. The van der Waals surface area contributed by atoms with Crippen molar-refractivity contribution in [3.8, 4) is 0 Å². The van der Waals surface area contributed by atoms with Crippen LogP contribution >= 0.6 is 11.8 Å². The summed E-state index contributed by atoms with van der Waals surface area (Å²) in [6.07, 6.45) is 9.67. The molecule has 4 aromatic rings. The van der Waals surface area contributed by atoms with E-state index in [2.05, 4.69) is 79.8 Å². The molecule has 4 heterocycles. The van der Waals surface area contributed by atoms with Crippen LogP contribution in [0.25, 0.3) is 0 Å². The lowest BCUT2D eigenvalue weighted by atomic mass is 9.33. The number of sulfonamides is 1. The maximum absolute atomic E-state index is 13.7. The molecule has 8 aliphatic rings. The van der Waals surface area contributed by atoms with Gasteiger partial charge in [-0.05, 0) is 153 Å². The highest BCUT2D eigenvalue weighted by Crippen LogP contribution is 2.77. The number of imide groups is 1. The van der Waals surface area contributed by atoms with Crippen LogP contribution in [0.15, 0.2) is 124 Å². The molecular weight excluding hydrogens is 1160 g/mol. The third-order valence-electron chi connectivity index (χ3n) is 19.4. The molecule has 0 spiro atoms. The SMILES string of the molecule is C=C1CCC(N2C(=O)c3cccc(NCCOCCOCCOCCN4CCN(CC[C@H](CSc5ccccc5)Nc5ccc(S(=O)(=O)NC(=O)c6ccc(N7CCN(CC8=C(C9%10CC(C)(C9)C%10)CC(C)(C)CC8)CC7)cc6)cc5C)CC4)c3C2=O)C(=O)N1. The highest BCUT2D eigenvalue weighted by atomic mass is 32.2. The fraction of sp³-hybridized carbons (Fsp3) is 0.536. The van der Waals surface area contributed by atoms with Gasteiger partial charge in [-0.15, -0.1) is 11.8 Å². The fourth-order valence-electron chi connectivity index (χ4n) is 14.6. The number of nitrogens with zero attached hydrogens (tertiary/aromatic N) is 5. The first-order chi connectivity index (χ1) is 42.8. The summed E-state index contributed by atoms with van der Waals surface area (Å²) in [6.45, 7) is 26.7. The molecule has 0 aromatic heterocycles. The molecular formula is C69H91N9O9S2. The number of hydrogen-bond acceptors (Lipinski definition) is 16. The summed E-state index contributed by atoms with van der Waals surface area (Å²) >= 11 is 1.80. The number of carbonyl (C=O) groups is 4. The summed E-state index contributed by atoms with van der Waals surface area (Å²) in [6, 6.07) is 27.1. The van der Waals surface area contributed by atoms with E-state index in [4.69, 9.17) is 14.2 Å². The first-order valence-corrected chi connectivity index (χ1v) is 34.6. The fourth-order valence-corrected chi connectivity index (χ4v) is 16.6. The molecule has 4 aromatic carbocycles. The molecule has 2 atom stereocenters. The summed E-state index contributed by atoms with van der Waals surface area (Å²) in [4.78, 5) is 64.9. The molecule has 4 amide bonds. The summed E-state index contributed by atoms with van der Waals surface area (Å²) < 4.78 is 47.2. The van der Waals surface area contributed by atoms with Crippen LogP contribution in [0.3, 0.4) is 0 Å². The van der Waals surface area contributed by atoms with E-state index in [1.165, 1.54) is 43.4 Å². The first-order valence-electron chi connectivity index (χ1n) is 32.2. The number of amides is 4. The van der Waals surface area contributed by atoms with Gasteiger partial charge in [-0.2, -0.15) is 0 Å². The minimum absolute atomic E-state index is 0.0434. The van der Waals surface area contributed by atoms with Crippen LogP contribution in [0.5, 0.6) is 0 Å². The maximum Gasteiger partial charge on any atom is 0.264 e. The second kappa shape index (κ2) is 28.2. The highest BCUT2D eigenvalue weighted by Gasteiger charge is 2.67. The van der Waals surface area contributed by atoms with Crippen LogP contribution in [0.1, 0.15) is 115 Å². The third-order valence-corrected chi connectivity index (χ3v) is 21.9. The Morgan fingerprint density at radius 2 is 1.43 bits per heavy atom. The van der Waals surface area contributed by atoms with E-state index in [-0.39, 0.29) is 22.1 Å². The van der Waals surface area contributed by atoms with E-state index in [0.717, 1.165) is 106 Å². The zero-order valence-electron chi connectivity index (χ0n) is 52.5. The number of anilines is 3. The Morgan fingerprint density at radius 1 is 0.753 bits per heavy atom. The molecule has 4 aliphatic carbocycles. The van der Waals surface area contributed by atoms with Crippen LogP contribution in [0.2, 0.25) is 0 Å². The van der Waals surface area contributed by atoms with Crippen LogP contribution < -0.4 is 25.6 Å². The molecule has 18 nitrogen and oxygen atoms in total. The van der Waals surface area contributed by atoms with Crippen LogP contribution in [-0.2, 0) is 29.0 Å². The molecule has 3 saturated heterocycles. The van der Waals surface area contributed by atoms with E-state index in [1.54, 1.807) is 59.8 Å². The number of piperidine rings is 1. The average Bonchev–Trinajstić information content (AvgIpc) is 1.19. The van der Waals surface area contributed by atoms with Crippen LogP contribution in [0.4, 0.5) is 17.1 Å². The number of piperazine rings is 2. The zero-order valence-corrected chi connectivity index (χ0v) is 54.2. The van der Waals surface area contributed by atoms with E-state index in [9.17, 15) is 27.6 Å². The normalized spacial score (nSPS) is 23.4. The van der Waals surface area contributed by atoms with Crippen molar-refractivity contribution < 1.29 is 41.8 Å². The molecule has 6 fully saturated rings. The molecule has 2 bridgehead atoms. The van der Waals surface area contributed by atoms with Gasteiger partial charge >= 0.3 is 0 Å². The van der Waals surface area contributed by atoms with E-state index in [0.29, 0.717) is 92.2 Å². The smallest absolute Gasteiger partial charge is 0.264 e. The Kier molecular flexibility index (Phi) is 20.4. The number of benzene rings is 4. The standard InChI is InChI=1S/C69H91N9O9S2/c1-49-42-56(89(83,84)73-63(79)51-15-17-54(18-16-51)77-33-31-76(32-34-77)44-52-22-24-67(3,4)43-58(52)69-46-68(5,47-69)48-69)19-20-59(49)72-53(45-88-55-10-7-6-8-11-55)23-26-74-27-29-75(30-28-74)35-37-86-39-41-87-40-38-85-36-25-70-60-13-9-12-57-62(60)66(82)78(65(57)81)61-21-14-50(2)71-64(61)80/h6-13,15-20,42,53,61,70,72H,2,14,21-41,43-48H2,1,3-5H3,(H,71,80)(H,73,79)/t53-,61?,68?,69?/m1/s1. The molecule has 4 N–H and O–H groups in total. The lowest BCUT2D eigenvalue weighted by Gasteiger charge is -2.72. The Morgan fingerprint density at radius 3 is 2.11 bits per heavy atom. The molecule has 3 saturated carbocycles. The molecule has 4 aliphatic heterocycles. The molecule has 12 rings (SSSR count). The van der Waals surface area contributed by atoms with Crippen LogP contribution in [-0.4, -0.2) is 188 Å². The molecule has 478 valence electrons. The maximum atomic E-state index is 13.7. The number of hydrogen-bond donors (Lipinski definition) is 4. The molecule has 20 heteroatoms. The van der Waals surface area contributed by atoms with Gasteiger partial charge in [0.25, 0.3) is 27.7 Å². The highest BCUT2D eigenvalue weighted by molar-refractivity contribution is 7.99. The Balaban J connectivity index is 0.565. The predicted molar refractivity (Wildman–Crippen MR) is 350 cm³/mol. The summed E-state index contributed by atoms with van der Waals surface area (Å²) in [7, 11) is -4.15. The van der Waals surface area contributed by atoms with Gasteiger partial charge in [0.1, 0.15) is 6.04 Å². The Labute approximate surface area is 530 Å². The summed E-state index contributed by atoms with van der Waals surface area (Å²) in [5, 5.41) is 9.63. The molecule has 1 unspecified atom stereocenters. The monoisotopic (exact) mass is 1250 g/mol. The van der Waals surface area contributed by atoms with Crippen molar-refractivity contribution in [3.63, 3.8) is 0 Å². The minimum Gasteiger partial charge on any atom is -0.382 e. The summed E-state index contributed by atoms with van der Waals surface area (Å²) in [5.41, 5.74) is 9.68. The van der Waals surface area contributed by atoms with Crippen molar-refractivity contribution in [2.24, 2.45) is 16.2 Å². The lowest BCUT2D eigenvalue weighted by molar-refractivity contribution is -0.167. The number of nitrogens with one attached hydrogen (secondary N) is 4. The van der Waals surface area contributed by atoms with Crippen molar-refractivity contribution in [2.45, 2.75) is 107 Å². The number of rotatable bonds is 29. The zero-order chi connectivity index (χ0) is 62.3. The number of carbonyl (C=O) groups excluding carboxylic acids is 4. The number of ether oxygens (including phenoxy) is 3. The van der Waals surface area contributed by atoms with Crippen molar-refractivity contribution in [1.29, 1.82) is 0 Å². The second-order valence-corrected chi connectivity index (χ2v) is 29.6. The average molecular weight is 1250 g/mol. The van der Waals surface area contributed by atoms with E-state index < -0.39 is 39.7 Å². The summed E-state index contributed by atoms with van der Waals surface area (Å²) in [5.74, 6) is -1.17. The third kappa shape index (κ3) is 15.6. The van der Waals surface area contributed by atoms with Crippen molar-refractivity contribution in [2.75, 3.05) is 139 Å². The van der Waals surface area contributed by atoms with E-state index in [1.807, 2.05) is 48.9 Å². The number of thioether (sulfide) groups is 1. The topological polar surface area (TPSA) is 194 Å². The Hall–Kier alpha value is -6.10. The predicted octanol–water partition coefficient (Wildman–Crippen LogP) is 9.06. The van der Waals surface area contributed by atoms with Crippen molar-refractivity contribution in [3.05, 3.63) is 137 Å². The largest absolute Gasteiger partial charge is 0.382 e. The van der Waals surface area contributed by atoms with Gasteiger partial charge in [-0.1, -0.05) is 62.8 Å². The minimum atomic E-state index is -4.15. The van der Waals surface area contributed by atoms with Gasteiger partial charge in [-0.25, -0.2) is 13.1 Å². The van der Waals surface area contributed by atoms with Crippen LogP contribution in [0, 0.1) is 23.2 Å². The first kappa shape index (κ1) is 64.4. The van der Waals surface area contributed by atoms with Crippen molar-refractivity contribution in [1.82, 2.24) is 29.6 Å². The number of fused-ring (bicyclic) bond motifs is 1. The van der Waals surface area contributed by atoms with Gasteiger partial charge in [-0.3, -0.25) is 33.9 Å². The van der Waals surface area contributed by atoms with Crippen molar-refractivity contribution >= 4 is 62.5 Å². The van der Waals surface area contributed by atoms with Gasteiger partial charge in [0.2, 0.25) is 5.91 Å². The Bertz CT molecular complexity index is 3340. The van der Waals surface area contributed by atoms with Gasteiger partial charge < -0.3 is 40.0 Å². The number of allylic oxidation sites excluding steroid dienone is 2. The van der Waals surface area contributed by atoms with Gasteiger partial charge in [0, 0.05) is 124 Å². The number of aryl methyl sites for hydroxylation is 1. The van der Waals surface area contributed by atoms with Gasteiger partial charge in [0.15, 0.2) is 0 Å². The molecule has 0 radical (unpaired) electrons. The second-order valence-electron chi connectivity index (χ2n) is 26.8. The molecule has 89 heavy (non-hydrogen) atoms. The van der Waals surface area contributed by atoms with Gasteiger partial charge in [0.05, 0.1) is 55.7 Å². The van der Waals surface area contributed by atoms with E-state index >= 15 is 0 Å².